The maximum atomic E-state index is 12.3. The molecule has 1 saturated heterocycles. The van der Waals surface area contributed by atoms with Gasteiger partial charge in [0.1, 0.15) is 0 Å². The van der Waals surface area contributed by atoms with Gasteiger partial charge in [-0.2, -0.15) is 0 Å². The Morgan fingerprint density at radius 3 is 2.44 bits per heavy atom. The highest BCUT2D eigenvalue weighted by molar-refractivity contribution is 7.93. The van der Waals surface area contributed by atoms with Gasteiger partial charge in [-0.1, -0.05) is 29.8 Å². The van der Waals surface area contributed by atoms with Crippen LogP contribution in [0.4, 0.5) is 11.4 Å². The maximum Gasteiger partial charge on any atom is 0.236 e. The fourth-order valence-corrected chi connectivity index (χ4v) is 5.61. The quantitative estimate of drug-likeness (QED) is 0.864. The Morgan fingerprint density at radius 2 is 1.84 bits per heavy atom. The zero-order valence-corrected chi connectivity index (χ0v) is 15.5. The van der Waals surface area contributed by atoms with Crippen LogP contribution in [0.1, 0.15) is 17.5 Å². The van der Waals surface area contributed by atoms with Crippen LogP contribution in [-0.4, -0.2) is 29.1 Å². The van der Waals surface area contributed by atoms with Crippen molar-refractivity contribution in [3.05, 3.63) is 59.7 Å². The molecule has 1 aliphatic heterocycles. The third-order valence-corrected chi connectivity index (χ3v) is 7.10. The van der Waals surface area contributed by atoms with Crippen molar-refractivity contribution in [1.29, 1.82) is 0 Å². The van der Waals surface area contributed by atoms with E-state index in [0.717, 1.165) is 5.56 Å². The van der Waals surface area contributed by atoms with E-state index < -0.39 is 20.0 Å². The molecule has 0 amide bonds. The van der Waals surface area contributed by atoms with Crippen LogP contribution < -0.4 is 9.03 Å². The van der Waals surface area contributed by atoms with Crippen LogP contribution in [0.15, 0.2) is 48.5 Å². The van der Waals surface area contributed by atoms with Gasteiger partial charge in [0.25, 0.3) is 0 Å². The van der Waals surface area contributed by atoms with Gasteiger partial charge in [0, 0.05) is 12.2 Å². The predicted octanol–water partition coefficient (Wildman–Crippen LogP) is 2.48. The normalized spacial score (nSPS) is 16.8. The first kappa shape index (κ1) is 17.8. The Hall–Kier alpha value is -2.06. The Bertz CT molecular complexity index is 968. The highest BCUT2D eigenvalue weighted by atomic mass is 32.2. The highest BCUT2D eigenvalue weighted by Crippen LogP contribution is 2.25. The number of rotatable bonds is 5. The number of aryl methyl sites for hydroxylation is 1. The number of hydrogen-bond acceptors (Lipinski definition) is 4. The van der Waals surface area contributed by atoms with E-state index >= 15 is 0 Å². The summed E-state index contributed by atoms with van der Waals surface area (Å²) in [5.74, 6) is 0.0365. The summed E-state index contributed by atoms with van der Waals surface area (Å²) in [6, 6.07) is 13.7. The third kappa shape index (κ3) is 4.32. The smallest absolute Gasteiger partial charge is 0.236 e. The fourth-order valence-electron chi connectivity index (χ4n) is 2.86. The molecule has 2 aromatic carbocycles. The van der Waals surface area contributed by atoms with Gasteiger partial charge in [-0.05, 0) is 43.2 Å². The Labute approximate surface area is 148 Å². The van der Waals surface area contributed by atoms with Crippen LogP contribution in [0, 0.1) is 6.92 Å². The second-order valence-corrected chi connectivity index (χ2v) is 9.87. The van der Waals surface area contributed by atoms with Crippen molar-refractivity contribution in [3.63, 3.8) is 0 Å². The molecule has 0 aromatic heterocycles. The van der Waals surface area contributed by atoms with E-state index in [1.165, 1.54) is 4.31 Å². The molecule has 8 heteroatoms. The maximum absolute atomic E-state index is 12.3. The zero-order chi connectivity index (χ0) is 18.1. The monoisotopic (exact) mass is 380 g/mol. The number of nitrogens with zero attached hydrogens (tertiary/aromatic N) is 1. The number of anilines is 2. The summed E-state index contributed by atoms with van der Waals surface area (Å²) in [4.78, 5) is 0. The molecule has 0 saturated carbocycles. The standard InChI is InChI=1S/C17H20N2O4S2/c1-14-4-2-5-15(12-14)13-24(20,21)18-16-6-8-17(9-7-16)19-10-3-11-25(19,22)23/h2,4-9,12,18H,3,10-11,13H2,1H3. The van der Waals surface area contributed by atoms with E-state index in [0.29, 0.717) is 29.9 Å². The molecule has 0 aliphatic carbocycles. The summed E-state index contributed by atoms with van der Waals surface area (Å²) in [6.45, 7) is 2.37. The van der Waals surface area contributed by atoms with Crippen LogP contribution >= 0.6 is 0 Å². The van der Waals surface area contributed by atoms with Gasteiger partial charge in [-0.15, -0.1) is 0 Å². The predicted molar refractivity (Wildman–Crippen MR) is 99.6 cm³/mol. The van der Waals surface area contributed by atoms with E-state index in [2.05, 4.69) is 4.72 Å². The highest BCUT2D eigenvalue weighted by Gasteiger charge is 2.28. The lowest BCUT2D eigenvalue weighted by atomic mass is 10.2. The lowest BCUT2D eigenvalue weighted by molar-refractivity contribution is 0.598. The van der Waals surface area contributed by atoms with E-state index in [4.69, 9.17) is 0 Å². The lowest BCUT2D eigenvalue weighted by Gasteiger charge is -2.17. The van der Waals surface area contributed by atoms with Gasteiger partial charge >= 0.3 is 0 Å². The molecule has 134 valence electrons. The minimum atomic E-state index is -3.54. The second kappa shape index (κ2) is 6.68. The summed E-state index contributed by atoms with van der Waals surface area (Å²) in [5, 5.41) is 0. The number of hydrogen-bond donors (Lipinski definition) is 1. The van der Waals surface area contributed by atoms with Crippen molar-refractivity contribution in [1.82, 2.24) is 0 Å². The zero-order valence-electron chi connectivity index (χ0n) is 13.8. The van der Waals surface area contributed by atoms with Gasteiger partial charge in [-0.25, -0.2) is 16.8 Å². The first-order valence-corrected chi connectivity index (χ1v) is 11.2. The van der Waals surface area contributed by atoms with Crippen LogP contribution in [0.2, 0.25) is 0 Å². The van der Waals surface area contributed by atoms with Crippen molar-refractivity contribution < 1.29 is 16.8 Å². The Balaban J connectivity index is 1.72. The van der Waals surface area contributed by atoms with Crippen molar-refractivity contribution >= 4 is 31.4 Å². The molecule has 0 radical (unpaired) electrons. The Kier molecular flexibility index (Phi) is 4.75. The topological polar surface area (TPSA) is 83.6 Å². The van der Waals surface area contributed by atoms with Gasteiger partial charge < -0.3 is 0 Å². The molecular formula is C17H20N2O4S2. The average Bonchev–Trinajstić information content (AvgIpc) is 2.86. The van der Waals surface area contributed by atoms with Crippen LogP contribution in [0.25, 0.3) is 0 Å². The Morgan fingerprint density at radius 1 is 1.12 bits per heavy atom. The third-order valence-electron chi connectivity index (χ3n) is 3.97. The molecule has 2 aromatic rings. The van der Waals surface area contributed by atoms with E-state index in [1.807, 2.05) is 25.1 Å². The summed E-state index contributed by atoms with van der Waals surface area (Å²) in [7, 11) is -6.78. The van der Waals surface area contributed by atoms with Gasteiger partial charge in [0.2, 0.25) is 20.0 Å². The molecular weight excluding hydrogens is 360 g/mol. The second-order valence-electron chi connectivity index (χ2n) is 6.14. The molecule has 0 bridgehead atoms. The minimum Gasteiger partial charge on any atom is -0.283 e. The average molecular weight is 380 g/mol. The fraction of sp³-hybridized carbons (Fsp3) is 0.294. The summed E-state index contributed by atoms with van der Waals surface area (Å²) in [6.07, 6.45) is 0.604. The van der Waals surface area contributed by atoms with Crippen molar-refractivity contribution in [3.8, 4) is 0 Å². The van der Waals surface area contributed by atoms with Crippen LogP contribution in [-0.2, 0) is 25.8 Å². The van der Waals surface area contributed by atoms with Gasteiger partial charge in [0.15, 0.2) is 0 Å². The van der Waals surface area contributed by atoms with E-state index in [-0.39, 0.29) is 11.5 Å². The van der Waals surface area contributed by atoms with E-state index in [9.17, 15) is 16.8 Å². The molecule has 3 rings (SSSR count). The molecule has 1 aliphatic rings. The SMILES string of the molecule is Cc1cccc(CS(=O)(=O)Nc2ccc(N3CCCS3(=O)=O)cc2)c1. The van der Waals surface area contributed by atoms with E-state index in [1.54, 1.807) is 30.3 Å². The van der Waals surface area contributed by atoms with Crippen LogP contribution in [0.5, 0.6) is 0 Å². The molecule has 1 N–H and O–H groups in total. The van der Waals surface area contributed by atoms with Gasteiger partial charge in [-0.3, -0.25) is 9.03 Å². The van der Waals surface area contributed by atoms with Crippen LogP contribution in [0.3, 0.4) is 0 Å². The van der Waals surface area contributed by atoms with Crippen molar-refractivity contribution in [2.24, 2.45) is 0 Å². The number of benzene rings is 2. The minimum absolute atomic E-state index is 0.114. The largest absolute Gasteiger partial charge is 0.283 e. The summed E-state index contributed by atoms with van der Waals surface area (Å²) in [5.41, 5.74) is 2.68. The molecule has 25 heavy (non-hydrogen) atoms. The lowest BCUT2D eigenvalue weighted by Crippen LogP contribution is -2.25. The molecule has 0 spiro atoms. The molecule has 6 nitrogen and oxygen atoms in total. The first-order valence-electron chi connectivity index (χ1n) is 7.92. The number of nitrogens with one attached hydrogen (secondary N) is 1. The molecule has 0 unspecified atom stereocenters. The molecule has 1 fully saturated rings. The van der Waals surface area contributed by atoms with Crippen molar-refractivity contribution in [2.75, 3.05) is 21.3 Å². The number of sulfonamides is 2. The summed E-state index contributed by atoms with van der Waals surface area (Å²) < 4.78 is 52.3. The van der Waals surface area contributed by atoms with Crippen molar-refractivity contribution in [2.45, 2.75) is 19.1 Å². The first-order chi connectivity index (χ1) is 11.8. The van der Waals surface area contributed by atoms with Gasteiger partial charge in [0.05, 0.1) is 17.2 Å². The molecule has 1 heterocycles. The molecule has 0 atom stereocenters. The summed E-state index contributed by atoms with van der Waals surface area (Å²) >= 11 is 0.